The highest BCUT2D eigenvalue weighted by molar-refractivity contribution is 7.84. The van der Waals surface area contributed by atoms with Crippen molar-refractivity contribution < 1.29 is 8.95 Å². The molecule has 1 heterocycles. The number of ether oxygens (including phenoxy) is 1. The van der Waals surface area contributed by atoms with Crippen LogP contribution < -0.4 is 15.4 Å². The van der Waals surface area contributed by atoms with E-state index in [0.717, 1.165) is 6.42 Å². The SMILES string of the molecule is CCCOc1nc(NC)nc(NC(C)CS(C)=O)n1. The summed E-state index contributed by atoms with van der Waals surface area (Å²) < 4.78 is 16.6. The molecule has 1 rings (SSSR count). The quantitative estimate of drug-likeness (QED) is 0.733. The molecule has 0 aliphatic carbocycles. The van der Waals surface area contributed by atoms with Crippen LogP contribution >= 0.6 is 0 Å². The zero-order valence-electron chi connectivity index (χ0n) is 11.8. The Morgan fingerprint density at radius 1 is 1.32 bits per heavy atom. The van der Waals surface area contributed by atoms with Crippen molar-refractivity contribution >= 4 is 22.7 Å². The van der Waals surface area contributed by atoms with Gasteiger partial charge in [0.15, 0.2) is 0 Å². The van der Waals surface area contributed by atoms with E-state index in [2.05, 4.69) is 25.6 Å². The van der Waals surface area contributed by atoms with Gasteiger partial charge in [0.25, 0.3) is 0 Å². The van der Waals surface area contributed by atoms with Gasteiger partial charge in [-0.05, 0) is 13.3 Å². The van der Waals surface area contributed by atoms with Gasteiger partial charge in [-0.1, -0.05) is 6.92 Å². The van der Waals surface area contributed by atoms with Crippen LogP contribution in [-0.4, -0.2) is 50.9 Å². The lowest BCUT2D eigenvalue weighted by atomic mass is 10.4. The summed E-state index contributed by atoms with van der Waals surface area (Å²) in [5.74, 6) is 1.39. The van der Waals surface area contributed by atoms with Gasteiger partial charge in [0, 0.05) is 35.9 Å². The molecule has 2 unspecified atom stereocenters. The summed E-state index contributed by atoms with van der Waals surface area (Å²) in [6.45, 7) is 4.50. The molecule has 7 nitrogen and oxygen atoms in total. The van der Waals surface area contributed by atoms with E-state index in [1.807, 2.05) is 13.8 Å². The molecule has 8 heteroatoms. The summed E-state index contributed by atoms with van der Waals surface area (Å²) in [5.41, 5.74) is 0. The van der Waals surface area contributed by atoms with Gasteiger partial charge < -0.3 is 15.4 Å². The summed E-state index contributed by atoms with van der Waals surface area (Å²) >= 11 is 0. The largest absolute Gasteiger partial charge is 0.463 e. The molecule has 0 saturated heterocycles. The fourth-order valence-electron chi connectivity index (χ4n) is 1.40. The van der Waals surface area contributed by atoms with Crippen LogP contribution in [0.3, 0.4) is 0 Å². The Morgan fingerprint density at radius 2 is 2.00 bits per heavy atom. The smallest absolute Gasteiger partial charge is 0.323 e. The topological polar surface area (TPSA) is 89.0 Å². The van der Waals surface area contributed by atoms with E-state index in [9.17, 15) is 4.21 Å². The molecule has 0 saturated carbocycles. The summed E-state index contributed by atoms with van der Waals surface area (Å²) in [7, 11) is 0.862. The van der Waals surface area contributed by atoms with Gasteiger partial charge in [-0.15, -0.1) is 0 Å². The molecule has 108 valence electrons. The number of hydrogen-bond acceptors (Lipinski definition) is 7. The standard InChI is InChI=1S/C11H21N5O2S/c1-5-6-18-11-15-9(12-3)14-10(16-11)13-8(2)7-19(4)17/h8H,5-7H2,1-4H3,(H2,12,13,14,15,16). The van der Waals surface area contributed by atoms with Crippen molar-refractivity contribution in [1.82, 2.24) is 15.0 Å². The molecule has 0 bridgehead atoms. The maximum atomic E-state index is 11.2. The van der Waals surface area contributed by atoms with E-state index < -0.39 is 10.8 Å². The minimum absolute atomic E-state index is 0.0111. The normalized spacial score (nSPS) is 13.7. The number of nitrogens with one attached hydrogen (secondary N) is 2. The minimum Gasteiger partial charge on any atom is -0.463 e. The van der Waals surface area contributed by atoms with E-state index in [-0.39, 0.29) is 12.1 Å². The van der Waals surface area contributed by atoms with Crippen molar-refractivity contribution in [3.8, 4) is 6.01 Å². The first-order valence-electron chi connectivity index (χ1n) is 6.18. The van der Waals surface area contributed by atoms with Gasteiger partial charge in [-0.25, -0.2) is 0 Å². The van der Waals surface area contributed by atoms with Crippen LogP contribution in [0.4, 0.5) is 11.9 Å². The van der Waals surface area contributed by atoms with Gasteiger partial charge in [-0.3, -0.25) is 4.21 Å². The summed E-state index contributed by atoms with van der Waals surface area (Å²) in [6.07, 6.45) is 2.55. The van der Waals surface area contributed by atoms with Gasteiger partial charge in [0.1, 0.15) is 0 Å². The Balaban J connectivity index is 2.78. The van der Waals surface area contributed by atoms with Crippen LogP contribution in [0.15, 0.2) is 0 Å². The van der Waals surface area contributed by atoms with Crippen LogP contribution in [0.25, 0.3) is 0 Å². The average molecular weight is 287 g/mol. The molecule has 1 aromatic heterocycles. The highest BCUT2D eigenvalue weighted by Crippen LogP contribution is 2.12. The second-order valence-electron chi connectivity index (χ2n) is 4.15. The fraction of sp³-hybridized carbons (Fsp3) is 0.727. The Morgan fingerprint density at radius 3 is 2.58 bits per heavy atom. The van der Waals surface area contributed by atoms with Crippen molar-refractivity contribution in [1.29, 1.82) is 0 Å². The minimum atomic E-state index is -0.867. The van der Waals surface area contributed by atoms with E-state index >= 15 is 0 Å². The van der Waals surface area contributed by atoms with Crippen molar-refractivity contribution in [2.45, 2.75) is 26.3 Å². The average Bonchev–Trinajstić information content (AvgIpc) is 2.34. The summed E-state index contributed by atoms with van der Waals surface area (Å²) in [5, 5.41) is 5.95. The lowest BCUT2D eigenvalue weighted by molar-refractivity contribution is 0.292. The Hall–Kier alpha value is -1.44. The molecule has 0 amide bonds. The number of aromatic nitrogens is 3. The molecule has 0 aromatic carbocycles. The third kappa shape index (κ3) is 5.82. The second-order valence-corrected chi connectivity index (χ2v) is 5.63. The van der Waals surface area contributed by atoms with E-state index in [4.69, 9.17) is 4.74 Å². The van der Waals surface area contributed by atoms with Gasteiger partial charge in [0.2, 0.25) is 11.9 Å². The molecule has 1 aromatic rings. The number of anilines is 2. The van der Waals surface area contributed by atoms with Crippen LogP contribution in [0.1, 0.15) is 20.3 Å². The first-order chi connectivity index (χ1) is 9.05. The predicted molar refractivity (Wildman–Crippen MR) is 77.2 cm³/mol. The molecule has 0 aliphatic rings. The van der Waals surface area contributed by atoms with Crippen molar-refractivity contribution in [3.05, 3.63) is 0 Å². The Kier molecular flexibility index (Phi) is 6.48. The van der Waals surface area contributed by atoms with Gasteiger partial charge >= 0.3 is 6.01 Å². The summed E-state index contributed by atoms with van der Waals surface area (Å²) in [4.78, 5) is 12.5. The third-order valence-corrected chi connectivity index (χ3v) is 3.10. The van der Waals surface area contributed by atoms with Crippen LogP contribution in [0.5, 0.6) is 6.01 Å². The number of rotatable bonds is 8. The molecule has 0 radical (unpaired) electrons. The zero-order valence-corrected chi connectivity index (χ0v) is 12.6. The molecule has 0 fully saturated rings. The highest BCUT2D eigenvalue weighted by atomic mass is 32.2. The zero-order chi connectivity index (χ0) is 14.3. The highest BCUT2D eigenvalue weighted by Gasteiger charge is 2.10. The van der Waals surface area contributed by atoms with Gasteiger partial charge in [0.05, 0.1) is 6.61 Å². The maximum Gasteiger partial charge on any atom is 0.323 e. The lowest BCUT2D eigenvalue weighted by Gasteiger charge is -2.13. The van der Waals surface area contributed by atoms with Crippen molar-refractivity contribution in [3.63, 3.8) is 0 Å². The van der Waals surface area contributed by atoms with Crippen molar-refractivity contribution in [2.24, 2.45) is 0 Å². The molecular formula is C11H21N5O2S. The summed E-state index contributed by atoms with van der Waals surface area (Å²) in [6, 6.07) is 0.297. The van der Waals surface area contributed by atoms with Crippen molar-refractivity contribution in [2.75, 3.05) is 36.3 Å². The first kappa shape index (κ1) is 15.6. The lowest BCUT2D eigenvalue weighted by Crippen LogP contribution is -2.24. The Labute approximate surface area is 116 Å². The van der Waals surface area contributed by atoms with Crippen LogP contribution in [0.2, 0.25) is 0 Å². The molecule has 0 spiro atoms. The van der Waals surface area contributed by atoms with Crippen LogP contribution in [-0.2, 0) is 10.8 Å². The van der Waals surface area contributed by atoms with E-state index in [1.54, 1.807) is 13.3 Å². The molecular weight excluding hydrogens is 266 g/mol. The number of nitrogens with zero attached hydrogens (tertiary/aromatic N) is 3. The second kappa shape index (κ2) is 7.88. The Bertz CT molecular complexity index is 430. The maximum absolute atomic E-state index is 11.2. The molecule has 19 heavy (non-hydrogen) atoms. The van der Waals surface area contributed by atoms with Crippen LogP contribution in [0, 0.1) is 0 Å². The predicted octanol–water partition coefficient (Wildman–Crippen LogP) is 0.881. The molecule has 2 atom stereocenters. The molecule has 2 N–H and O–H groups in total. The monoisotopic (exact) mass is 287 g/mol. The van der Waals surface area contributed by atoms with E-state index in [1.165, 1.54) is 0 Å². The fourth-order valence-corrected chi connectivity index (χ4v) is 2.19. The number of hydrogen-bond donors (Lipinski definition) is 2. The molecule has 0 aliphatic heterocycles. The third-order valence-electron chi connectivity index (χ3n) is 2.13. The van der Waals surface area contributed by atoms with E-state index in [0.29, 0.717) is 24.3 Å². The van der Waals surface area contributed by atoms with Gasteiger partial charge in [-0.2, -0.15) is 15.0 Å². The first-order valence-corrected chi connectivity index (χ1v) is 7.91.